The Hall–Kier alpha value is -3.60. The summed E-state index contributed by atoms with van der Waals surface area (Å²) in [5.74, 6) is -0.188. The molecule has 2 heterocycles. The van der Waals surface area contributed by atoms with Gasteiger partial charge in [-0.3, -0.25) is 14.0 Å². The van der Waals surface area contributed by atoms with Crippen molar-refractivity contribution in [3.05, 3.63) is 60.2 Å². The molecule has 0 bridgehead atoms. The Morgan fingerprint density at radius 3 is 2.47 bits per heavy atom. The lowest BCUT2D eigenvalue weighted by atomic mass is 10.2. The molecule has 2 aliphatic rings. The number of anilines is 1. The molecular formula is C21H21N3O7S. The lowest BCUT2D eigenvalue weighted by Gasteiger charge is -2.35. The van der Waals surface area contributed by atoms with E-state index in [1.807, 2.05) is 0 Å². The molecule has 1 atom stereocenters. The van der Waals surface area contributed by atoms with Crippen LogP contribution in [-0.4, -0.2) is 68.2 Å². The average Bonchev–Trinajstić information content (AvgIpc) is 3.03. The number of ether oxygens (including phenoxy) is 2. The number of carbonyl (C=O) groups is 3. The zero-order valence-corrected chi connectivity index (χ0v) is 18.0. The Morgan fingerprint density at radius 1 is 1.09 bits per heavy atom. The normalized spacial score (nSPS) is 18.4. The zero-order chi connectivity index (χ0) is 22.9. The van der Waals surface area contributed by atoms with E-state index in [0.717, 1.165) is 9.21 Å². The van der Waals surface area contributed by atoms with E-state index in [1.54, 1.807) is 48.5 Å². The summed E-state index contributed by atoms with van der Waals surface area (Å²) in [5.41, 5.74) is 0.822. The number of rotatable bonds is 5. The number of para-hydroxylation sites is 2. The third-order valence-corrected chi connectivity index (χ3v) is 6.58. The molecule has 4 rings (SSSR count). The quantitative estimate of drug-likeness (QED) is 0.495. The molecule has 0 spiro atoms. The highest BCUT2D eigenvalue weighted by molar-refractivity contribution is 8.06. The van der Waals surface area contributed by atoms with E-state index >= 15 is 0 Å². The first kappa shape index (κ1) is 21.6. The highest BCUT2D eigenvalue weighted by atomic mass is 32.2. The lowest BCUT2D eigenvalue weighted by molar-refractivity contribution is -0.126. The minimum Gasteiger partial charge on any atom is -0.484 e. The van der Waals surface area contributed by atoms with Gasteiger partial charge in [0.25, 0.3) is 0 Å². The fraction of sp³-hybridized carbons (Fsp3) is 0.286. The molecule has 168 valence electrons. The molecule has 2 aliphatic heterocycles. The van der Waals surface area contributed by atoms with E-state index in [1.165, 1.54) is 18.0 Å². The van der Waals surface area contributed by atoms with Crippen molar-refractivity contribution in [1.29, 1.82) is 0 Å². The van der Waals surface area contributed by atoms with E-state index in [9.17, 15) is 22.8 Å². The van der Waals surface area contributed by atoms with E-state index < -0.39 is 33.4 Å². The Balaban J connectivity index is 1.55. The molecular weight excluding hydrogens is 438 g/mol. The maximum atomic E-state index is 13.1. The third-order valence-electron chi connectivity index (χ3n) is 5.11. The predicted octanol–water partition coefficient (Wildman–Crippen LogP) is 1.81. The SMILES string of the molecule is CN1CC(=O)N(C[C@H]2CN(S(=O)(=O)C(=O)OCc3ccccc3)c3ccccc3O2)C1=O. The standard InChI is InChI=1S/C21H21N3O7S/c1-22-13-19(25)23(20(22)26)11-16-12-24(17-9-5-6-10-18(17)31-16)32(28,29)21(27)30-14-15-7-3-2-4-8-15/h2-10,16H,11-14H2,1H3/t16-/m0/s1. The van der Waals surface area contributed by atoms with Gasteiger partial charge in [-0.05, 0) is 17.7 Å². The topological polar surface area (TPSA) is 114 Å². The van der Waals surface area contributed by atoms with Crippen LogP contribution in [0.3, 0.4) is 0 Å². The molecule has 0 N–H and O–H groups in total. The summed E-state index contributed by atoms with van der Waals surface area (Å²) < 4.78 is 37.9. The summed E-state index contributed by atoms with van der Waals surface area (Å²) in [7, 11) is -3.06. The maximum Gasteiger partial charge on any atom is 0.445 e. The minimum atomic E-state index is -4.56. The molecule has 1 fully saturated rings. The van der Waals surface area contributed by atoms with Gasteiger partial charge in [0.1, 0.15) is 25.0 Å². The van der Waals surface area contributed by atoms with Crippen molar-refractivity contribution in [3.8, 4) is 5.75 Å². The molecule has 2 aromatic rings. The van der Waals surface area contributed by atoms with Crippen LogP contribution in [0.1, 0.15) is 5.56 Å². The number of fused-ring (bicyclic) bond motifs is 1. The summed E-state index contributed by atoms with van der Waals surface area (Å²) in [4.78, 5) is 39.1. The molecule has 10 nitrogen and oxygen atoms in total. The monoisotopic (exact) mass is 459 g/mol. The molecule has 0 saturated carbocycles. The highest BCUT2D eigenvalue weighted by Gasteiger charge is 2.42. The van der Waals surface area contributed by atoms with Gasteiger partial charge in [0.2, 0.25) is 5.91 Å². The molecule has 0 unspecified atom stereocenters. The van der Waals surface area contributed by atoms with E-state index in [0.29, 0.717) is 5.56 Å². The summed E-state index contributed by atoms with van der Waals surface area (Å²) in [5, 5.41) is -1.40. The Morgan fingerprint density at radius 2 is 1.78 bits per heavy atom. The van der Waals surface area contributed by atoms with Gasteiger partial charge in [0, 0.05) is 7.05 Å². The summed E-state index contributed by atoms with van der Waals surface area (Å²) in [6.45, 7) is -0.671. The first-order valence-corrected chi connectivity index (χ1v) is 11.3. The fourth-order valence-electron chi connectivity index (χ4n) is 3.52. The highest BCUT2D eigenvalue weighted by Crippen LogP contribution is 2.35. The molecule has 0 aliphatic carbocycles. The number of nitrogens with zero attached hydrogens (tertiary/aromatic N) is 3. The second-order valence-electron chi connectivity index (χ2n) is 7.41. The number of urea groups is 1. The van der Waals surface area contributed by atoms with Crippen molar-refractivity contribution in [3.63, 3.8) is 0 Å². The van der Waals surface area contributed by atoms with Gasteiger partial charge in [-0.25, -0.2) is 9.59 Å². The van der Waals surface area contributed by atoms with Gasteiger partial charge in [0.05, 0.1) is 18.8 Å². The first-order chi connectivity index (χ1) is 15.3. The van der Waals surface area contributed by atoms with Crippen LogP contribution >= 0.6 is 0 Å². The summed E-state index contributed by atoms with van der Waals surface area (Å²) in [6, 6.07) is 14.5. The van der Waals surface area contributed by atoms with E-state index in [2.05, 4.69) is 0 Å². The van der Waals surface area contributed by atoms with E-state index in [-0.39, 0.29) is 37.7 Å². The average molecular weight is 459 g/mol. The second-order valence-corrected chi connectivity index (χ2v) is 9.14. The smallest absolute Gasteiger partial charge is 0.445 e. The van der Waals surface area contributed by atoms with Crippen LogP contribution in [0.4, 0.5) is 15.3 Å². The van der Waals surface area contributed by atoms with Gasteiger partial charge in [-0.2, -0.15) is 8.42 Å². The fourth-order valence-corrected chi connectivity index (χ4v) is 4.68. The molecule has 1 saturated heterocycles. The molecule has 3 amide bonds. The molecule has 32 heavy (non-hydrogen) atoms. The second kappa shape index (κ2) is 8.50. The Kier molecular flexibility index (Phi) is 5.74. The number of hydrogen-bond donors (Lipinski definition) is 0. The van der Waals surface area contributed by atoms with Crippen LogP contribution in [0.5, 0.6) is 5.75 Å². The van der Waals surface area contributed by atoms with Crippen LogP contribution in [0, 0.1) is 0 Å². The van der Waals surface area contributed by atoms with Crippen LogP contribution in [-0.2, 0) is 26.2 Å². The Labute approximate surface area is 185 Å². The predicted molar refractivity (Wildman–Crippen MR) is 113 cm³/mol. The van der Waals surface area contributed by atoms with Gasteiger partial charge in [-0.1, -0.05) is 42.5 Å². The van der Waals surface area contributed by atoms with Gasteiger partial charge in [0.15, 0.2) is 0 Å². The number of amides is 3. The number of hydrogen-bond acceptors (Lipinski definition) is 7. The number of carbonyl (C=O) groups excluding carboxylic acids is 3. The summed E-state index contributed by atoms with van der Waals surface area (Å²) in [6.07, 6.45) is -0.860. The third kappa shape index (κ3) is 4.11. The number of benzene rings is 2. The van der Waals surface area contributed by atoms with Crippen LogP contribution in [0.25, 0.3) is 0 Å². The molecule has 11 heteroatoms. The molecule has 0 aromatic heterocycles. The lowest BCUT2D eigenvalue weighted by Crippen LogP contribution is -2.51. The van der Waals surface area contributed by atoms with Crippen molar-refractivity contribution < 1.29 is 32.3 Å². The van der Waals surface area contributed by atoms with E-state index in [4.69, 9.17) is 9.47 Å². The molecule has 0 radical (unpaired) electrons. The summed E-state index contributed by atoms with van der Waals surface area (Å²) >= 11 is 0. The number of imide groups is 1. The number of likely N-dealkylation sites (N-methyl/N-ethyl adjacent to an activating group) is 1. The largest absolute Gasteiger partial charge is 0.484 e. The van der Waals surface area contributed by atoms with Crippen LogP contribution < -0.4 is 9.04 Å². The maximum absolute atomic E-state index is 13.1. The van der Waals surface area contributed by atoms with Gasteiger partial charge >= 0.3 is 21.4 Å². The van der Waals surface area contributed by atoms with Crippen molar-refractivity contribution in [2.75, 3.05) is 31.0 Å². The molecule has 2 aromatic carbocycles. The van der Waals surface area contributed by atoms with Crippen molar-refractivity contribution >= 4 is 33.0 Å². The van der Waals surface area contributed by atoms with Crippen LogP contribution in [0.15, 0.2) is 54.6 Å². The van der Waals surface area contributed by atoms with Crippen LogP contribution in [0.2, 0.25) is 0 Å². The van der Waals surface area contributed by atoms with Gasteiger partial charge < -0.3 is 14.4 Å². The van der Waals surface area contributed by atoms with Crippen molar-refractivity contribution in [2.45, 2.75) is 12.7 Å². The minimum absolute atomic E-state index is 0.0596. The zero-order valence-electron chi connectivity index (χ0n) is 17.2. The van der Waals surface area contributed by atoms with Gasteiger partial charge in [-0.15, -0.1) is 0 Å². The van der Waals surface area contributed by atoms with Crippen molar-refractivity contribution in [1.82, 2.24) is 9.80 Å². The number of sulfonamides is 1. The van der Waals surface area contributed by atoms with Crippen molar-refractivity contribution in [2.24, 2.45) is 0 Å². The Bertz CT molecular complexity index is 1150. The first-order valence-electron chi connectivity index (χ1n) is 9.82.